The maximum absolute atomic E-state index is 12.6. The second-order valence-electron chi connectivity index (χ2n) is 6.01. The van der Waals surface area contributed by atoms with E-state index < -0.39 is 18.0 Å². The van der Waals surface area contributed by atoms with E-state index in [2.05, 4.69) is 4.74 Å². The summed E-state index contributed by atoms with van der Waals surface area (Å²) in [6.45, 7) is 2.01. The van der Waals surface area contributed by atoms with Crippen molar-refractivity contribution < 1.29 is 28.9 Å². The smallest absolute Gasteiger partial charge is 0.330 e. The Bertz CT molecular complexity index is 869. The topological polar surface area (TPSA) is 82.1 Å². The highest BCUT2D eigenvalue weighted by Gasteiger charge is 2.41. The van der Waals surface area contributed by atoms with Crippen molar-refractivity contribution in [3.8, 4) is 11.5 Å². The van der Waals surface area contributed by atoms with Gasteiger partial charge in [0.15, 0.2) is 0 Å². The molecule has 0 saturated heterocycles. The standard InChI is InChI=1S/C21H20O6/c1-3-26-21(24)19-16-12-13(5-11-18(23)25-2)4-10-17(16)27-20(19)14-6-8-15(22)9-7-14/h4-12,19-20,22H,3H2,1-2H3/b11-5+/t19-,20+/m0/s1. The summed E-state index contributed by atoms with van der Waals surface area (Å²) in [4.78, 5) is 24.0. The third-order valence-corrected chi connectivity index (χ3v) is 4.30. The summed E-state index contributed by atoms with van der Waals surface area (Å²) in [6.07, 6.45) is 2.37. The minimum Gasteiger partial charge on any atom is -0.508 e. The number of carbonyl (C=O) groups excluding carboxylic acids is 2. The van der Waals surface area contributed by atoms with Crippen LogP contribution in [0.4, 0.5) is 0 Å². The highest BCUT2D eigenvalue weighted by Crippen LogP contribution is 2.47. The van der Waals surface area contributed by atoms with Gasteiger partial charge in [0.05, 0.1) is 13.7 Å². The lowest BCUT2D eigenvalue weighted by molar-refractivity contribution is -0.146. The van der Waals surface area contributed by atoms with Crippen LogP contribution in [0.2, 0.25) is 0 Å². The molecule has 27 heavy (non-hydrogen) atoms. The zero-order valence-corrected chi connectivity index (χ0v) is 15.0. The SMILES string of the molecule is CCOC(=O)[C@H]1c2cc(/C=C/C(=O)OC)ccc2O[C@@H]1c1ccc(O)cc1. The van der Waals surface area contributed by atoms with Gasteiger partial charge in [-0.15, -0.1) is 0 Å². The molecule has 0 bridgehead atoms. The van der Waals surface area contributed by atoms with Crippen LogP contribution in [0.15, 0.2) is 48.5 Å². The lowest BCUT2D eigenvalue weighted by Gasteiger charge is -2.18. The zero-order valence-electron chi connectivity index (χ0n) is 15.0. The first-order valence-corrected chi connectivity index (χ1v) is 8.55. The van der Waals surface area contributed by atoms with Crippen LogP contribution in [0.3, 0.4) is 0 Å². The van der Waals surface area contributed by atoms with E-state index in [0.717, 1.165) is 11.1 Å². The fourth-order valence-electron chi connectivity index (χ4n) is 3.03. The second-order valence-corrected chi connectivity index (χ2v) is 6.01. The number of methoxy groups -OCH3 is 1. The number of ether oxygens (including phenoxy) is 3. The molecule has 2 aromatic carbocycles. The Hall–Kier alpha value is -3.28. The predicted octanol–water partition coefficient (Wildman–Crippen LogP) is 3.36. The van der Waals surface area contributed by atoms with Crippen molar-refractivity contribution in [3.05, 3.63) is 65.2 Å². The average molecular weight is 368 g/mol. The summed E-state index contributed by atoms with van der Waals surface area (Å²) in [5, 5.41) is 9.52. The molecule has 1 heterocycles. The Balaban J connectivity index is 1.98. The van der Waals surface area contributed by atoms with E-state index in [-0.39, 0.29) is 18.3 Å². The van der Waals surface area contributed by atoms with Crippen LogP contribution in [-0.4, -0.2) is 30.8 Å². The Kier molecular flexibility index (Phi) is 5.45. The summed E-state index contributed by atoms with van der Waals surface area (Å²) < 4.78 is 15.9. The minimum absolute atomic E-state index is 0.136. The first-order chi connectivity index (χ1) is 13.0. The van der Waals surface area contributed by atoms with E-state index in [1.54, 1.807) is 55.5 Å². The molecular weight excluding hydrogens is 348 g/mol. The van der Waals surface area contributed by atoms with Crippen molar-refractivity contribution in [2.45, 2.75) is 18.9 Å². The molecule has 1 N–H and O–H groups in total. The molecule has 0 saturated carbocycles. The third-order valence-electron chi connectivity index (χ3n) is 4.30. The first-order valence-electron chi connectivity index (χ1n) is 8.55. The van der Waals surface area contributed by atoms with Crippen LogP contribution in [-0.2, 0) is 19.1 Å². The van der Waals surface area contributed by atoms with Gasteiger partial charge in [-0.2, -0.15) is 0 Å². The summed E-state index contributed by atoms with van der Waals surface area (Å²) in [5.41, 5.74) is 2.19. The molecule has 0 aromatic heterocycles. The Morgan fingerprint density at radius 2 is 1.93 bits per heavy atom. The number of phenols is 1. The van der Waals surface area contributed by atoms with Gasteiger partial charge in [0, 0.05) is 11.6 Å². The molecule has 2 aromatic rings. The molecule has 3 rings (SSSR count). The lowest BCUT2D eigenvalue weighted by Crippen LogP contribution is -2.21. The van der Waals surface area contributed by atoms with Gasteiger partial charge < -0.3 is 19.3 Å². The van der Waals surface area contributed by atoms with Crippen LogP contribution in [0, 0.1) is 0 Å². The molecule has 0 spiro atoms. The molecule has 6 heteroatoms. The summed E-state index contributed by atoms with van der Waals surface area (Å²) in [5.74, 6) is -0.770. The molecule has 2 atom stereocenters. The van der Waals surface area contributed by atoms with Crippen molar-refractivity contribution in [1.29, 1.82) is 0 Å². The van der Waals surface area contributed by atoms with Crippen molar-refractivity contribution in [2.24, 2.45) is 0 Å². The maximum atomic E-state index is 12.6. The van der Waals surface area contributed by atoms with Gasteiger partial charge in [-0.1, -0.05) is 18.2 Å². The summed E-state index contributed by atoms with van der Waals surface area (Å²) in [7, 11) is 1.31. The third kappa shape index (κ3) is 3.95. The monoisotopic (exact) mass is 368 g/mol. The molecule has 1 aliphatic heterocycles. The molecular formula is C21H20O6. The predicted molar refractivity (Wildman–Crippen MR) is 98.3 cm³/mol. The van der Waals surface area contributed by atoms with Gasteiger partial charge in [-0.25, -0.2) is 4.79 Å². The van der Waals surface area contributed by atoms with Gasteiger partial charge >= 0.3 is 11.9 Å². The number of carbonyl (C=O) groups is 2. The molecule has 6 nitrogen and oxygen atoms in total. The number of esters is 2. The van der Waals surface area contributed by atoms with Crippen LogP contribution in [0.5, 0.6) is 11.5 Å². The van der Waals surface area contributed by atoms with Crippen LogP contribution in [0.1, 0.15) is 35.6 Å². The van der Waals surface area contributed by atoms with Gasteiger partial charge in [0.2, 0.25) is 0 Å². The lowest BCUT2D eigenvalue weighted by atomic mass is 9.90. The average Bonchev–Trinajstić information content (AvgIpc) is 3.05. The van der Waals surface area contributed by atoms with Crippen LogP contribution < -0.4 is 4.74 Å². The van der Waals surface area contributed by atoms with E-state index in [0.29, 0.717) is 11.3 Å². The highest BCUT2D eigenvalue weighted by molar-refractivity contribution is 5.87. The van der Waals surface area contributed by atoms with Crippen molar-refractivity contribution in [1.82, 2.24) is 0 Å². The van der Waals surface area contributed by atoms with E-state index in [1.165, 1.54) is 13.2 Å². The van der Waals surface area contributed by atoms with Crippen molar-refractivity contribution in [2.75, 3.05) is 13.7 Å². The largest absolute Gasteiger partial charge is 0.508 e. The molecule has 1 aliphatic rings. The number of rotatable bonds is 5. The van der Waals surface area contributed by atoms with E-state index >= 15 is 0 Å². The van der Waals surface area contributed by atoms with Crippen LogP contribution in [0.25, 0.3) is 6.08 Å². The molecule has 0 amide bonds. The van der Waals surface area contributed by atoms with Gasteiger partial charge in [0.1, 0.15) is 23.5 Å². The summed E-state index contributed by atoms with van der Waals surface area (Å²) >= 11 is 0. The van der Waals surface area contributed by atoms with Gasteiger partial charge in [-0.3, -0.25) is 4.79 Å². The Morgan fingerprint density at radius 1 is 1.19 bits per heavy atom. The maximum Gasteiger partial charge on any atom is 0.330 e. The molecule has 140 valence electrons. The number of fused-ring (bicyclic) bond motifs is 1. The highest BCUT2D eigenvalue weighted by atomic mass is 16.5. The Labute approximate surface area is 157 Å². The molecule has 0 radical (unpaired) electrons. The van der Waals surface area contributed by atoms with Crippen molar-refractivity contribution in [3.63, 3.8) is 0 Å². The summed E-state index contributed by atoms with van der Waals surface area (Å²) in [6, 6.07) is 11.9. The number of hydrogen-bond donors (Lipinski definition) is 1. The minimum atomic E-state index is -0.643. The van der Waals surface area contributed by atoms with Gasteiger partial charge in [0.25, 0.3) is 0 Å². The van der Waals surface area contributed by atoms with Crippen LogP contribution >= 0.6 is 0 Å². The molecule has 0 unspecified atom stereocenters. The zero-order chi connectivity index (χ0) is 19.4. The van der Waals surface area contributed by atoms with E-state index in [1.807, 2.05) is 0 Å². The fourth-order valence-corrected chi connectivity index (χ4v) is 3.03. The normalized spacial score (nSPS) is 18.0. The van der Waals surface area contributed by atoms with E-state index in [9.17, 15) is 14.7 Å². The number of benzene rings is 2. The van der Waals surface area contributed by atoms with E-state index in [4.69, 9.17) is 9.47 Å². The fraction of sp³-hybridized carbons (Fsp3) is 0.238. The number of aromatic hydroxyl groups is 1. The first kappa shape index (κ1) is 18.5. The van der Waals surface area contributed by atoms with Crippen molar-refractivity contribution >= 4 is 18.0 Å². The Morgan fingerprint density at radius 3 is 2.59 bits per heavy atom. The number of phenolic OH excluding ortho intramolecular Hbond substituents is 1. The quantitative estimate of drug-likeness (QED) is 0.644. The molecule has 0 aliphatic carbocycles. The number of hydrogen-bond acceptors (Lipinski definition) is 6. The molecule has 0 fully saturated rings. The van der Waals surface area contributed by atoms with Gasteiger partial charge in [-0.05, 0) is 48.4 Å². The second kappa shape index (κ2) is 7.95.